The van der Waals surface area contributed by atoms with Crippen LogP contribution in [-0.4, -0.2) is 44.5 Å². The summed E-state index contributed by atoms with van der Waals surface area (Å²) in [6, 6.07) is 6.24. The van der Waals surface area contributed by atoms with E-state index in [2.05, 4.69) is 26.3 Å². The van der Waals surface area contributed by atoms with Gasteiger partial charge in [0.2, 0.25) is 0 Å². The number of nitrogens with one attached hydrogen (secondary N) is 1. The molecule has 2 aromatic heterocycles. The van der Waals surface area contributed by atoms with Gasteiger partial charge in [-0.05, 0) is 25.0 Å². The first-order valence-electron chi connectivity index (χ1n) is 7.62. The number of rotatable bonds is 4. The monoisotopic (exact) mass is 299 g/mol. The number of likely N-dealkylation sites (tertiary alicyclic amines) is 1. The van der Waals surface area contributed by atoms with E-state index < -0.39 is 0 Å². The normalized spacial score (nSPS) is 16.6. The molecule has 2 aromatic rings. The van der Waals surface area contributed by atoms with Crippen molar-refractivity contribution in [3.8, 4) is 0 Å². The standard InChI is InChI=1S/C16H21N5O/c1-20-12-17-10-15(20)16(22)19-13-5-8-21(9-6-13)11-14-4-2-3-7-18-14/h2-4,7,10,12-13H,5-6,8-9,11H2,1H3,(H,19,22). The van der Waals surface area contributed by atoms with Gasteiger partial charge in [-0.3, -0.25) is 14.7 Å². The van der Waals surface area contributed by atoms with Crippen LogP contribution in [0.4, 0.5) is 0 Å². The fourth-order valence-corrected chi connectivity index (χ4v) is 2.79. The van der Waals surface area contributed by atoms with Crippen LogP contribution in [0.3, 0.4) is 0 Å². The summed E-state index contributed by atoms with van der Waals surface area (Å²) >= 11 is 0. The second kappa shape index (κ2) is 6.70. The number of carbonyl (C=O) groups excluding carboxylic acids is 1. The van der Waals surface area contributed by atoms with Crippen LogP contribution >= 0.6 is 0 Å². The van der Waals surface area contributed by atoms with Crippen molar-refractivity contribution in [3.05, 3.63) is 48.3 Å². The summed E-state index contributed by atoms with van der Waals surface area (Å²) in [5.41, 5.74) is 1.70. The van der Waals surface area contributed by atoms with E-state index in [1.807, 2.05) is 25.4 Å². The Kier molecular flexibility index (Phi) is 4.48. The zero-order chi connectivity index (χ0) is 15.4. The lowest BCUT2D eigenvalue weighted by Crippen LogP contribution is -2.44. The SMILES string of the molecule is Cn1cncc1C(=O)NC1CCN(Cc2ccccn2)CC1. The van der Waals surface area contributed by atoms with E-state index in [-0.39, 0.29) is 11.9 Å². The van der Waals surface area contributed by atoms with Crippen LogP contribution in [0.5, 0.6) is 0 Å². The molecule has 3 heterocycles. The Balaban J connectivity index is 1.48. The average molecular weight is 299 g/mol. The van der Waals surface area contributed by atoms with Crippen LogP contribution in [0.1, 0.15) is 29.0 Å². The summed E-state index contributed by atoms with van der Waals surface area (Å²) in [5, 5.41) is 3.10. The summed E-state index contributed by atoms with van der Waals surface area (Å²) in [7, 11) is 1.83. The molecule has 0 radical (unpaired) electrons. The second-order valence-electron chi connectivity index (χ2n) is 5.73. The van der Waals surface area contributed by atoms with Crippen LogP contribution in [-0.2, 0) is 13.6 Å². The van der Waals surface area contributed by atoms with Gasteiger partial charge in [-0.1, -0.05) is 6.07 Å². The largest absolute Gasteiger partial charge is 0.348 e. The second-order valence-corrected chi connectivity index (χ2v) is 5.73. The van der Waals surface area contributed by atoms with Crippen LogP contribution in [0.2, 0.25) is 0 Å². The number of nitrogens with zero attached hydrogens (tertiary/aromatic N) is 4. The van der Waals surface area contributed by atoms with Gasteiger partial charge < -0.3 is 9.88 Å². The molecule has 0 spiro atoms. The van der Waals surface area contributed by atoms with Gasteiger partial charge in [0.1, 0.15) is 5.69 Å². The Bertz CT molecular complexity index is 616. The molecular weight excluding hydrogens is 278 g/mol. The Morgan fingerprint density at radius 3 is 2.82 bits per heavy atom. The van der Waals surface area contributed by atoms with Crippen LogP contribution in [0, 0.1) is 0 Å². The summed E-state index contributed by atoms with van der Waals surface area (Å²) < 4.78 is 1.74. The predicted molar refractivity (Wildman–Crippen MR) is 83.2 cm³/mol. The van der Waals surface area contributed by atoms with Crippen molar-refractivity contribution in [3.63, 3.8) is 0 Å². The molecule has 0 atom stereocenters. The maximum atomic E-state index is 12.2. The van der Waals surface area contributed by atoms with E-state index in [1.54, 1.807) is 17.1 Å². The highest BCUT2D eigenvalue weighted by Crippen LogP contribution is 2.13. The number of hydrogen-bond donors (Lipinski definition) is 1. The maximum Gasteiger partial charge on any atom is 0.269 e. The van der Waals surface area contributed by atoms with Crippen molar-refractivity contribution in [2.45, 2.75) is 25.4 Å². The van der Waals surface area contributed by atoms with Gasteiger partial charge in [0.05, 0.1) is 18.2 Å². The molecular formula is C16H21N5O. The first-order chi connectivity index (χ1) is 10.7. The van der Waals surface area contributed by atoms with Crippen molar-refractivity contribution in [1.82, 2.24) is 24.8 Å². The molecule has 0 unspecified atom stereocenters. The molecule has 0 aromatic carbocycles. The molecule has 1 saturated heterocycles. The minimum absolute atomic E-state index is 0.0387. The smallest absolute Gasteiger partial charge is 0.269 e. The van der Waals surface area contributed by atoms with E-state index in [9.17, 15) is 4.79 Å². The van der Waals surface area contributed by atoms with Crippen molar-refractivity contribution in [2.75, 3.05) is 13.1 Å². The van der Waals surface area contributed by atoms with Crippen LogP contribution in [0.15, 0.2) is 36.9 Å². The summed E-state index contributed by atoms with van der Waals surface area (Å²) in [6.07, 6.45) is 7.01. The lowest BCUT2D eigenvalue weighted by molar-refractivity contribution is 0.0900. The fourth-order valence-electron chi connectivity index (χ4n) is 2.79. The molecule has 0 saturated carbocycles. The average Bonchev–Trinajstić information content (AvgIpc) is 2.96. The maximum absolute atomic E-state index is 12.2. The zero-order valence-corrected chi connectivity index (χ0v) is 12.8. The molecule has 0 bridgehead atoms. The van der Waals surface area contributed by atoms with E-state index >= 15 is 0 Å². The number of amides is 1. The van der Waals surface area contributed by atoms with E-state index in [0.717, 1.165) is 38.2 Å². The highest BCUT2D eigenvalue weighted by Gasteiger charge is 2.22. The number of hydrogen-bond acceptors (Lipinski definition) is 4. The number of aryl methyl sites for hydroxylation is 1. The number of carbonyl (C=O) groups is 1. The van der Waals surface area contributed by atoms with Crippen molar-refractivity contribution in [2.24, 2.45) is 7.05 Å². The Labute approximate surface area is 130 Å². The molecule has 1 amide bonds. The Morgan fingerprint density at radius 1 is 1.36 bits per heavy atom. The van der Waals surface area contributed by atoms with Gasteiger partial charge in [0, 0.05) is 38.9 Å². The van der Waals surface area contributed by atoms with Gasteiger partial charge in [-0.25, -0.2) is 4.98 Å². The quantitative estimate of drug-likeness (QED) is 0.922. The third-order valence-corrected chi connectivity index (χ3v) is 4.08. The molecule has 6 heteroatoms. The van der Waals surface area contributed by atoms with Crippen molar-refractivity contribution < 1.29 is 4.79 Å². The number of piperidine rings is 1. The molecule has 6 nitrogen and oxygen atoms in total. The zero-order valence-electron chi connectivity index (χ0n) is 12.8. The minimum atomic E-state index is -0.0387. The Morgan fingerprint density at radius 2 is 2.18 bits per heavy atom. The lowest BCUT2D eigenvalue weighted by Gasteiger charge is -2.32. The number of imidazole rings is 1. The van der Waals surface area contributed by atoms with Gasteiger partial charge in [0.15, 0.2) is 0 Å². The highest BCUT2D eigenvalue weighted by molar-refractivity contribution is 5.92. The van der Waals surface area contributed by atoms with Gasteiger partial charge in [-0.2, -0.15) is 0 Å². The summed E-state index contributed by atoms with van der Waals surface area (Å²) in [4.78, 5) is 22.9. The predicted octanol–water partition coefficient (Wildman–Crippen LogP) is 1.21. The molecule has 1 aliphatic rings. The van der Waals surface area contributed by atoms with Crippen LogP contribution < -0.4 is 5.32 Å². The fraction of sp³-hybridized carbons (Fsp3) is 0.438. The molecule has 3 rings (SSSR count). The van der Waals surface area contributed by atoms with E-state index in [0.29, 0.717) is 5.69 Å². The first-order valence-corrected chi connectivity index (χ1v) is 7.62. The third kappa shape index (κ3) is 3.51. The molecule has 116 valence electrons. The molecule has 1 N–H and O–H groups in total. The Hall–Kier alpha value is -2.21. The van der Waals surface area contributed by atoms with E-state index in [4.69, 9.17) is 0 Å². The topological polar surface area (TPSA) is 63.1 Å². The van der Waals surface area contributed by atoms with E-state index in [1.165, 1.54) is 0 Å². The summed E-state index contributed by atoms with van der Waals surface area (Å²) in [5.74, 6) is -0.0387. The van der Waals surface area contributed by atoms with Crippen LogP contribution in [0.25, 0.3) is 0 Å². The highest BCUT2D eigenvalue weighted by atomic mass is 16.2. The van der Waals surface area contributed by atoms with Gasteiger partial charge in [-0.15, -0.1) is 0 Å². The van der Waals surface area contributed by atoms with Crippen molar-refractivity contribution in [1.29, 1.82) is 0 Å². The minimum Gasteiger partial charge on any atom is -0.348 e. The molecule has 22 heavy (non-hydrogen) atoms. The summed E-state index contributed by atoms with van der Waals surface area (Å²) in [6.45, 7) is 2.84. The third-order valence-electron chi connectivity index (χ3n) is 4.08. The van der Waals surface area contributed by atoms with Gasteiger partial charge >= 0.3 is 0 Å². The van der Waals surface area contributed by atoms with Crippen molar-refractivity contribution >= 4 is 5.91 Å². The molecule has 1 fully saturated rings. The number of aromatic nitrogens is 3. The van der Waals surface area contributed by atoms with Gasteiger partial charge in [0.25, 0.3) is 5.91 Å². The molecule has 0 aliphatic carbocycles. The first kappa shape index (κ1) is 14.7. The molecule has 1 aliphatic heterocycles. The lowest BCUT2D eigenvalue weighted by atomic mass is 10.0. The number of pyridine rings is 1.